The van der Waals surface area contributed by atoms with Crippen LogP contribution < -0.4 is 0 Å². The third-order valence-electron chi connectivity index (χ3n) is 4.89. The van der Waals surface area contributed by atoms with Crippen LogP contribution in [0.3, 0.4) is 0 Å². The smallest absolute Gasteiger partial charge is 0.137 e. The van der Waals surface area contributed by atoms with Crippen LogP contribution in [-0.4, -0.2) is 24.9 Å². The quantitative estimate of drug-likeness (QED) is 0.541. The van der Waals surface area contributed by atoms with E-state index in [1.54, 1.807) is 25.1 Å². The molecule has 29 heavy (non-hydrogen) atoms. The fraction of sp³-hybridized carbons (Fsp3) is 0.200. The summed E-state index contributed by atoms with van der Waals surface area (Å²) in [5.74, 6) is -2.24. The van der Waals surface area contributed by atoms with Gasteiger partial charge >= 0.3 is 0 Å². The number of nitriles is 1. The van der Waals surface area contributed by atoms with Crippen LogP contribution >= 0.6 is 11.3 Å². The van der Waals surface area contributed by atoms with Crippen molar-refractivity contribution in [3.8, 4) is 6.07 Å². The first kappa shape index (κ1) is 19.1. The first-order valence-corrected chi connectivity index (χ1v) is 9.53. The minimum Gasteiger partial charge on any atom is -0.382 e. The van der Waals surface area contributed by atoms with E-state index in [4.69, 9.17) is 5.26 Å². The van der Waals surface area contributed by atoms with Crippen LogP contribution in [0.2, 0.25) is 0 Å². The van der Waals surface area contributed by atoms with E-state index >= 15 is 0 Å². The van der Waals surface area contributed by atoms with Gasteiger partial charge in [-0.2, -0.15) is 10.4 Å². The maximum absolute atomic E-state index is 14.7. The minimum atomic E-state index is -1.77. The number of aromatic nitrogens is 4. The van der Waals surface area contributed by atoms with Gasteiger partial charge in [-0.25, -0.2) is 23.4 Å². The summed E-state index contributed by atoms with van der Waals surface area (Å²) in [5.41, 5.74) is -0.641. The summed E-state index contributed by atoms with van der Waals surface area (Å²) in [5, 5.41) is 25.3. The number of thiazole rings is 1. The molecule has 2 atom stereocenters. The minimum absolute atomic E-state index is 0.0566. The predicted molar refractivity (Wildman–Crippen MR) is 103 cm³/mol. The van der Waals surface area contributed by atoms with Gasteiger partial charge in [-0.05, 0) is 24.3 Å². The Morgan fingerprint density at radius 1 is 1.28 bits per heavy atom. The van der Waals surface area contributed by atoms with Crippen molar-refractivity contribution in [1.82, 2.24) is 19.7 Å². The van der Waals surface area contributed by atoms with Crippen molar-refractivity contribution in [1.29, 1.82) is 5.26 Å². The van der Waals surface area contributed by atoms with E-state index in [2.05, 4.69) is 21.1 Å². The van der Waals surface area contributed by atoms with Gasteiger partial charge in [0.15, 0.2) is 0 Å². The van der Waals surface area contributed by atoms with Crippen molar-refractivity contribution in [2.24, 2.45) is 0 Å². The molecule has 0 bridgehead atoms. The van der Waals surface area contributed by atoms with Crippen LogP contribution in [0.4, 0.5) is 8.78 Å². The average Bonchev–Trinajstić information content (AvgIpc) is 3.35. The molecule has 0 radical (unpaired) electrons. The highest BCUT2D eigenvalue weighted by atomic mass is 32.1. The lowest BCUT2D eigenvalue weighted by atomic mass is 9.82. The predicted octanol–water partition coefficient (Wildman–Crippen LogP) is 3.73. The van der Waals surface area contributed by atoms with Gasteiger partial charge in [0.05, 0.1) is 33.4 Å². The monoisotopic (exact) mass is 411 g/mol. The molecule has 4 aromatic rings. The Balaban J connectivity index is 1.83. The van der Waals surface area contributed by atoms with Gasteiger partial charge in [-0.1, -0.05) is 13.0 Å². The van der Waals surface area contributed by atoms with Crippen LogP contribution in [0.5, 0.6) is 0 Å². The molecule has 0 saturated carbocycles. The Labute approximate surface area is 168 Å². The molecule has 0 aliphatic rings. The van der Waals surface area contributed by atoms with Crippen molar-refractivity contribution in [3.63, 3.8) is 0 Å². The largest absolute Gasteiger partial charge is 0.382 e. The second-order valence-corrected chi connectivity index (χ2v) is 7.77. The summed E-state index contributed by atoms with van der Waals surface area (Å²) in [6, 6.07) is 10.3. The molecular weight excluding hydrogens is 396 g/mol. The molecular formula is C20H15F2N5OS. The van der Waals surface area contributed by atoms with Crippen molar-refractivity contribution < 1.29 is 13.9 Å². The van der Waals surface area contributed by atoms with Crippen LogP contribution in [0.1, 0.15) is 29.0 Å². The standard InChI is InChI=1S/C20H15F2N5OS/c1-12(19-26-17-5-2-13(8-23)6-18(17)29-19)20(28,9-27-11-24-10-25-27)15-4-3-14(21)7-16(15)22/h2-7,10-12,28H,9H2,1H3. The molecule has 0 fully saturated rings. The molecule has 6 nitrogen and oxygen atoms in total. The lowest BCUT2D eigenvalue weighted by Gasteiger charge is -2.33. The SMILES string of the molecule is CC(c1nc2ccc(C#N)cc2s1)C(O)(Cn1cncn1)c1ccc(F)cc1F. The van der Waals surface area contributed by atoms with Gasteiger partial charge in [-0.3, -0.25) is 0 Å². The van der Waals surface area contributed by atoms with Gasteiger partial charge in [0.2, 0.25) is 0 Å². The molecule has 2 aromatic carbocycles. The van der Waals surface area contributed by atoms with Gasteiger partial charge in [-0.15, -0.1) is 11.3 Å². The van der Waals surface area contributed by atoms with Crippen LogP contribution in [0.25, 0.3) is 10.2 Å². The van der Waals surface area contributed by atoms with E-state index in [0.717, 1.165) is 16.8 Å². The molecule has 4 rings (SSSR count). The van der Waals surface area contributed by atoms with E-state index in [9.17, 15) is 13.9 Å². The summed E-state index contributed by atoms with van der Waals surface area (Å²) in [6.07, 6.45) is 2.73. The Hall–Kier alpha value is -3.22. The fourth-order valence-corrected chi connectivity index (χ4v) is 4.40. The Morgan fingerprint density at radius 2 is 2.10 bits per heavy atom. The van der Waals surface area contributed by atoms with Crippen molar-refractivity contribution >= 4 is 21.6 Å². The lowest BCUT2D eigenvalue weighted by Crippen LogP contribution is -2.38. The maximum atomic E-state index is 14.7. The maximum Gasteiger partial charge on any atom is 0.137 e. The second kappa shape index (κ2) is 7.31. The topological polar surface area (TPSA) is 87.6 Å². The number of hydrogen-bond donors (Lipinski definition) is 1. The molecule has 146 valence electrons. The average molecular weight is 411 g/mol. The normalized spacial score (nSPS) is 14.4. The van der Waals surface area contributed by atoms with Crippen LogP contribution in [0.15, 0.2) is 49.1 Å². The molecule has 1 N–H and O–H groups in total. The molecule has 2 aromatic heterocycles. The molecule has 0 aliphatic carbocycles. The van der Waals surface area contributed by atoms with Crippen molar-refractivity contribution in [3.05, 3.63) is 76.8 Å². The molecule has 0 aliphatic heterocycles. The zero-order chi connectivity index (χ0) is 20.6. The zero-order valence-corrected chi connectivity index (χ0v) is 16.1. The van der Waals surface area contributed by atoms with E-state index in [1.165, 1.54) is 34.7 Å². The zero-order valence-electron chi connectivity index (χ0n) is 15.3. The van der Waals surface area contributed by atoms with Crippen LogP contribution in [0, 0.1) is 23.0 Å². The Bertz CT molecular complexity index is 1220. The molecule has 0 amide bonds. The lowest BCUT2D eigenvalue weighted by molar-refractivity contribution is -0.0112. The highest BCUT2D eigenvalue weighted by Gasteiger charge is 2.41. The number of fused-ring (bicyclic) bond motifs is 1. The summed E-state index contributed by atoms with van der Waals surface area (Å²) >= 11 is 1.31. The van der Waals surface area contributed by atoms with Gasteiger partial charge in [0.1, 0.15) is 29.9 Å². The van der Waals surface area contributed by atoms with E-state index in [0.29, 0.717) is 16.1 Å². The first-order valence-electron chi connectivity index (χ1n) is 8.71. The fourth-order valence-electron chi connectivity index (χ4n) is 3.26. The van der Waals surface area contributed by atoms with E-state index < -0.39 is 23.2 Å². The van der Waals surface area contributed by atoms with Crippen LogP contribution in [-0.2, 0) is 12.1 Å². The third kappa shape index (κ3) is 3.48. The third-order valence-corrected chi connectivity index (χ3v) is 6.09. The molecule has 0 spiro atoms. The number of benzene rings is 2. The van der Waals surface area contributed by atoms with Gasteiger partial charge in [0, 0.05) is 17.5 Å². The summed E-state index contributed by atoms with van der Waals surface area (Å²) in [6.45, 7) is 1.62. The number of aliphatic hydroxyl groups is 1. The van der Waals surface area contributed by atoms with Crippen molar-refractivity contribution in [2.75, 3.05) is 0 Å². The molecule has 2 unspecified atom stereocenters. The number of rotatable bonds is 5. The Morgan fingerprint density at radius 3 is 2.79 bits per heavy atom. The summed E-state index contributed by atoms with van der Waals surface area (Å²) in [7, 11) is 0. The number of nitrogens with zero attached hydrogens (tertiary/aromatic N) is 5. The highest BCUT2D eigenvalue weighted by Crippen LogP contribution is 2.42. The Kier molecular flexibility index (Phi) is 4.82. The highest BCUT2D eigenvalue weighted by molar-refractivity contribution is 7.18. The van der Waals surface area contributed by atoms with Gasteiger partial charge < -0.3 is 5.11 Å². The second-order valence-electron chi connectivity index (χ2n) is 6.71. The van der Waals surface area contributed by atoms with Gasteiger partial charge in [0.25, 0.3) is 0 Å². The first-order chi connectivity index (χ1) is 13.9. The number of hydrogen-bond acceptors (Lipinski definition) is 6. The van der Waals surface area contributed by atoms with E-state index in [1.807, 2.05) is 0 Å². The number of halogens is 2. The summed E-state index contributed by atoms with van der Waals surface area (Å²) in [4.78, 5) is 8.43. The van der Waals surface area contributed by atoms with Crippen molar-refractivity contribution in [2.45, 2.75) is 25.0 Å². The molecule has 2 heterocycles. The summed E-state index contributed by atoms with van der Waals surface area (Å²) < 4.78 is 30.3. The van der Waals surface area contributed by atoms with E-state index in [-0.39, 0.29) is 12.1 Å². The molecule has 0 saturated heterocycles. The molecule has 9 heteroatoms.